The topological polar surface area (TPSA) is 53.1 Å². The Morgan fingerprint density at radius 3 is 2.42 bits per heavy atom. The highest BCUT2D eigenvalue weighted by atomic mass is 19.4. The third kappa shape index (κ3) is 4.76. The minimum Gasteiger partial charge on any atom is -0.371 e. The van der Waals surface area contributed by atoms with Gasteiger partial charge in [-0.05, 0) is 70.0 Å². The van der Waals surface area contributed by atoms with E-state index in [0.29, 0.717) is 17.4 Å². The third-order valence-electron chi connectivity index (χ3n) is 6.72. The number of rotatable bonds is 5. The number of hydrogen-bond donors (Lipinski definition) is 2. The lowest BCUT2D eigenvalue weighted by atomic mass is 9.97. The van der Waals surface area contributed by atoms with Crippen LogP contribution < -0.4 is 15.5 Å². The van der Waals surface area contributed by atoms with Crippen LogP contribution in [0.1, 0.15) is 48.2 Å². The summed E-state index contributed by atoms with van der Waals surface area (Å²) in [5, 5.41) is 17.2. The average Bonchev–Trinajstić information content (AvgIpc) is 2.80. The smallest absolute Gasteiger partial charge is 0.371 e. The fourth-order valence-electron chi connectivity index (χ4n) is 4.72. The van der Waals surface area contributed by atoms with Gasteiger partial charge >= 0.3 is 6.18 Å². The molecule has 1 atom stereocenters. The largest absolute Gasteiger partial charge is 0.416 e. The Morgan fingerprint density at radius 2 is 1.76 bits per heavy atom. The van der Waals surface area contributed by atoms with Crippen LogP contribution >= 0.6 is 0 Å². The Bertz CT molecular complexity index is 1140. The molecule has 2 N–H and O–H groups in total. The van der Waals surface area contributed by atoms with Crippen molar-refractivity contribution in [2.24, 2.45) is 0 Å². The number of hydrogen-bond acceptors (Lipinski definition) is 5. The van der Waals surface area contributed by atoms with E-state index in [1.165, 1.54) is 13.0 Å². The molecule has 3 aromatic rings. The molecule has 176 valence electrons. The van der Waals surface area contributed by atoms with Crippen molar-refractivity contribution in [1.29, 1.82) is 0 Å². The molecule has 1 aliphatic heterocycles. The molecule has 5 nitrogen and oxygen atoms in total. The maximum atomic E-state index is 13.4. The number of nitrogens with one attached hydrogen (secondary N) is 2. The Morgan fingerprint density at radius 1 is 1.03 bits per heavy atom. The summed E-state index contributed by atoms with van der Waals surface area (Å²) in [5.41, 5.74) is 2.14. The summed E-state index contributed by atoms with van der Waals surface area (Å²) < 4.78 is 40.2. The van der Waals surface area contributed by atoms with Crippen molar-refractivity contribution in [1.82, 2.24) is 15.5 Å². The van der Waals surface area contributed by atoms with Gasteiger partial charge in [-0.25, -0.2) is 0 Å². The van der Waals surface area contributed by atoms with Gasteiger partial charge in [-0.1, -0.05) is 18.2 Å². The number of anilines is 2. The van der Waals surface area contributed by atoms with Gasteiger partial charge < -0.3 is 15.5 Å². The van der Waals surface area contributed by atoms with Crippen LogP contribution in [0.15, 0.2) is 36.4 Å². The van der Waals surface area contributed by atoms with Crippen LogP contribution in [-0.4, -0.2) is 36.4 Å². The summed E-state index contributed by atoms with van der Waals surface area (Å²) in [4.78, 5) is 2.37. The summed E-state index contributed by atoms with van der Waals surface area (Å²) in [7, 11) is 2.00. The second-order valence-electron chi connectivity index (χ2n) is 8.80. The van der Waals surface area contributed by atoms with Crippen molar-refractivity contribution in [3.8, 4) is 0 Å². The molecule has 0 amide bonds. The maximum absolute atomic E-state index is 13.4. The molecule has 2 heterocycles. The molecule has 0 radical (unpaired) electrons. The SMILES string of the molecule is CNC1CCN(c2ccc3c(C)nnc(N[C@H](C)c4cccc(C(F)(F)F)c4C)c3c2)CC1. The van der Waals surface area contributed by atoms with Gasteiger partial charge in [0, 0.05) is 35.6 Å². The van der Waals surface area contributed by atoms with Crippen molar-refractivity contribution in [3.63, 3.8) is 0 Å². The third-order valence-corrected chi connectivity index (χ3v) is 6.72. The predicted molar refractivity (Wildman–Crippen MR) is 127 cm³/mol. The number of aromatic nitrogens is 2. The van der Waals surface area contributed by atoms with E-state index in [1.807, 2.05) is 20.9 Å². The molecular formula is C25H30F3N5. The van der Waals surface area contributed by atoms with Crippen molar-refractivity contribution in [2.45, 2.75) is 51.9 Å². The van der Waals surface area contributed by atoms with Gasteiger partial charge in [0.15, 0.2) is 5.82 Å². The first-order valence-corrected chi connectivity index (χ1v) is 11.3. The average molecular weight is 458 g/mol. The first kappa shape index (κ1) is 23.3. The Hall–Kier alpha value is -2.87. The van der Waals surface area contributed by atoms with E-state index in [1.54, 1.807) is 6.07 Å². The quantitative estimate of drug-likeness (QED) is 0.520. The van der Waals surface area contributed by atoms with Gasteiger partial charge in [0.05, 0.1) is 17.3 Å². The molecule has 1 aromatic heterocycles. The van der Waals surface area contributed by atoms with Crippen LogP contribution in [-0.2, 0) is 6.18 Å². The number of fused-ring (bicyclic) bond motifs is 1. The first-order valence-electron chi connectivity index (χ1n) is 11.3. The molecule has 0 spiro atoms. The van der Waals surface area contributed by atoms with Gasteiger partial charge in [0.25, 0.3) is 0 Å². The molecule has 2 aromatic carbocycles. The molecule has 1 saturated heterocycles. The zero-order chi connectivity index (χ0) is 23.8. The highest BCUT2D eigenvalue weighted by Gasteiger charge is 2.33. The number of piperidine rings is 1. The van der Waals surface area contributed by atoms with Gasteiger partial charge in [0.1, 0.15) is 0 Å². The van der Waals surface area contributed by atoms with Crippen LogP contribution in [0.5, 0.6) is 0 Å². The number of benzene rings is 2. The lowest BCUT2D eigenvalue weighted by Crippen LogP contribution is -2.41. The number of nitrogens with zero attached hydrogens (tertiary/aromatic N) is 3. The van der Waals surface area contributed by atoms with Crippen LogP contribution in [0.3, 0.4) is 0 Å². The van der Waals surface area contributed by atoms with Crippen molar-refractivity contribution in [3.05, 3.63) is 58.8 Å². The summed E-state index contributed by atoms with van der Waals surface area (Å²) in [6.07, 6.45) is -2.22. The second kappa shape index (κ2) is 9.17. The molecule has 4 rings (SSSR count). The lowest BCUT2D eigenvalue weighted by Gasteiger charge is -2.33. The van der Waals surface area contributed by atoms with Crippen molar-refractivity contribution < 1.29 is 13.2 Å². The monoisotopic (exact) mass is 457 g/mol. The molecule has 1 aliphatic rings. The molecule has 0 bridgehead atoms. The Labute approximate surface area is 192 Å². The normalized spacial score (nSPS) is 16.3. The summed E-state index contributed by atoms with van der Waals surface area (Å²) >= 11 is 0. The first-order chi connectivity index (χ1) is 15.7. The molecule has 0 saturated carbocycles. The predicted octanol–water partition coefficient (Wildman–Crippen LogP) is 5.63. The minimum atomic E-state index is -4.38. The van der Waals surface area contributed by atoms with E-state index >= 15 is 0 Å². The van der Waals surface area contributed by atoms with Gasteiger partial charge in [-0.15, -0.1) is 5.10 Å². The van der Waals surface area contributed by atoms with E-state index in [4.69, 9.17) is 0 Å². The summed E-state index contributed by atoms with van der Waals surface area (Å²) in [5.74, 6) is 0.576. The van der Waals surface area contributed by atoms with Crippen LogP contribution in [0, 0.1) is 13.8 Å². The molecular weight excluding hydrogens is 427 g/mol. The summed E-state index contributed by atoms with van der Waals surface area (Å²) in [6.45, 7) is 7.22. The molecule has 33 heavy (non-hydrogen) atoms. The zero-order valence-electron chi connectivity index (χ0n) is 19.4. The molecule has 1 fully saturated rings. The maximum Gasteiger partial charge on any atom is 0.416 e. The van der Waals surface area contributed by atoms with E-state index in [9.17, 15) is 13.2 Å². The van der Waals surface area contributed by atoms with Crippen molar-refractivity contribution in [2.75, 3.05) is 30.4 Å². The van der Waals surface area contributed by atoms with E-state index in [-0.39, 0.29) is 11.6 Å². The fraction of sp³-hybridized carbons (Fsp3) is 0.440. The molecule has 8 heteroatoms. The number of aryl methyl sites for hydroxylation is 1. The second-order valence-corrected chi connectivity index (χ2v) is 8.80. The van der Waals surface area contributed by atoms with E-state index in [0.717, 1.165) is 54.2 Å². The number of alkyl halides is 3. The van der Waals surface area contributed by atoms with Crippen LogP contribution in [0.2, 0.25) is 0 Å². The van der Waals surface area contributed by atoms with Crippen LogP contribution in [0.4, 0.5) is 24.7 Å². The highest BCUT2D eigenvalue weighted by molar-refractivity contribution is 5.95. The minimum absolute atomic E-state index is 0.225. The molecule has 0 unspecified atom stereocenters. The Kier molecular flexibility index (Phi) is 6.47. The van der Waals surface area contributed by atoms with E-state index in [2.05, 4.69) is 43.9 Å². The summed E-state index contributed by atoms with van der Waals surface area (Å²) in [6, 6.07) is 10.8. The van der Waals surface area contributed by atoms with Crippen molar-refractivity contribution >= 4 is 22.3 Å². The molecule has 0 aliphatic carbocycles. The fourth-order valence-corrected chi connectivity index (χ4v) is 4.72. The highest BCUT2D eigenvalue weighted by Crippen LogP contribution is 2.36. The standard InChI is InChI=1S/C25H30F3N5/c1-15-20(6-5-7-23(15)25(26,27)28)16(2)30-24-22-14-19(8-9-21(22)17(3)31-32-24)33-12-10-18(29-4)11-13-33/h5-9,14,16,18,29H,10-13H2,1-4H3,(H,30,32)/t16-/m1/s1. The lowest BCUT2D eigenvalue weighted by molar-refractivity contribution is -0.138. The van der Waals surface area contributed by atoms with E-state index < -0.39 is 11.7 Å². The van der Waals surface area contributed by atoms with Gasteiger partial charge in [-0.2, -0.15) is 18.3 Å². The van der Waals surface area contributed by atoms with Gasteiger partial charge in [-0.3, -0.25) is 0 Å². The Balaban J connectivity index is 1.66. The number of halogens is 3. The van der Waals surface area contributed by atoms with Gasteiger partial charge in [0.2, 0.25) is 0 Å². The van der Waals surface area contributed by atoms with Crippen LogP contribution in [0.25, 0.3) is 10.8 Å². The zero-order valence-corrected chi connectivity index (χ0v) is 19.4.